The molecular formula is C15H12Br4O2. The van der Waals surface area contributed by atoms with Crippen LogP contribution in [-0.2, 0) is 5.41 Å². The normalized spacial score (nSPS) is 11.7. The maximum absolute atomic E-state index is 10.4. The van der Waals surface area contributed by atoms with Gasteiger partial charge in [-0.15, -0.1) is 0 Å². The quantitative estimate of drug-likeness (QED) is 0.456. The van der Waals surface area contributed by atoms with Gasteiger partial charge in [0.25, 0.3) is 0 Å². The second kappa shape index (κ2) is 6.22. The molecule has 2 N–H and O–H groups in total. The fraction of sp³-hybridized carbons (Fsp3) is 0.200. The molecule has 0 aliphatic heterocycles. The summed E-state index contributed by atoms with van der Waals surface area (Å²) in [7, 11) is 0. The van der Waals surface area contributed by atoms with E-state index in [1.54, 1.807) is 12.1 Å². The summed E-state index contributed by atoms with van der Waals surface area (Å²) in [5.74, 6) is 0.331. The minimum atomic E-state index is -0.591. The van der Waals surface area contributed by atoms with Crippen molar-refractivity contribution in [2.45, 2.75) is 19.3 Å². The third kappa shape index (κ3) is 3.33. The van der Waals surface area contributed by atoms with Crippen LogP contribution in [-0.4, -0.2) is 10.2 Å². The Hall–Kier alpha value is -0.0400. The van der Waals surface area contributed by atoms with Gasteiger partial charge in [0.15, 0.2) is 0 Å². The molecule has 0 saturated carbocycles. The highest BCUT2D eigenvalue weighted by molar-refractivity contribution is 9.11. The van der Waals surface area contributed by atoms with Crippen LogP contribution in [0.3, 0.4) is 0 Å². The van der Waals surface area contributed by atoms with Crippen LogP contribution in [0.2, 0.25) is 0 Å². The molecule has 2 aromatic carbocycles. The number of aromatic hydroxyl groups is 2. The van der Waals surface area contributed by atoms with E-state index in [1.807, 2.05) is 26.0 Å². The van der Waals surface area contributed by atoms with Crippen molar-refractivity contribution in [3.05, 3.63) is 53.3 Å². The van der Waals surface area contributed by atoms with Gasteiger partial charge >= 0.3 is 0 Å². The van der Waals surface area contributed by atoms with E-state index in [1.165, 1.54) is 0 Å². The first-order valence-corrected chi connectivity index (χ1v) is 9.18. The van der Waals surface area contributed by atoms with Crippen LogP contribution in [0.15, 0.2) is 42.2 Å². The van der Waals surface area contributed by atoms with E-state index < -0.39 is 5.41 Å². The molecule has 0 atom stereocenters. The highest BCUT2D eigenvalue weighted by Crippen LogP contribution is 2.46. The summed E-state index contributed by atoms with van der Waals surface area (Å²) in [4.78, 5) is 0. The number of hydrogen-bond acceptors (Lipinski definition) is 2. The second-order valence-electron chi connectivity index (χ2n) is 5.19. The molecule has 0 amide bonds. The Morgan fingerprint density at radius 1 is 0.714 bits per heavy atom. The molecule has 0 unspecified atom stereocenters. The Kier molecular flexibility index (Phi) is 5.13. The molecule has 0 radical (unpaired) electrons. The predicted octanol–water partition coefficient (Wildman–Crippen LogP) is 6.47. The highest BCUT2D eigenvalue weighted by Gasteiger charge is 2.31. The molecule has 0 aromatic heterocycles. The average Bonchev–Trinajstić information content (AvgIpc) is 2.37. The van der Waals surface area contributed by atoms with Crippen molar-refractivity contribution in [1.82, 2.24) is 0 Å². The van der Waals surface area contributed by atoms with E-state index >= 15 is 0 Å². The summed E-state index contributed by atoms with van der Waals surface area (Å²) in [5.41, 5.74) is 0.834. The molecule has 112 valence electrons. The molecule has 2 aromatic rings. The Morgan fingerprint density at radius 2 is 1.05 bits per heavy atom. The lowest BCUT2D eigenvalue weighted by atomic mass is 9.77. The molecule has 21 heavy (non-hydrogen) atoms. The maximum Gasteiger partial charge on any atom is 0.133 e. The zero-order chi connectivity index (χ0) is 15.9. The number of phenolic OH excluding ortho intramolecular Hbond substituents is 2. The van der Waals surface area contributed by atoms with Gasteiger partial charge in [-0.1, -0.05) is 45.7 Å². The number of halogens is 4. The zero-order valence-corrected chi connectivity index (χ0v) is 17.6. The van der Waals surface area contributed by atoms with Crippen LogP contribution in [0.1, 0.15) is 25.0 Å². The lowest BCUT2D eigenvalue weighted by Gasteiger charge is -2.29. The van der Waals surface area contributed by atoms with E-state index in [0.29, 0.717) is 20.1 Å². The van der Waals surface area contributed by atoms with Crippen molar-refractivity contribution in [3.63, 3.8) is 0 Å². The zero-order valence-electron chi connectivity index (χ0n) is 11.2. The molecular weight excluding hydrogens is 532 g/mol. The Bertz CT molecular complexity index is 652. The van der Waals surface area contributed by atoms with Crippen LogP contribution >= 0.6 is 63.7 Å². The fourth-order valence-corrected chi connectivity index (χ4v) is 4.68. The van der Waals surface area contributed by atoms with Crippen LogP contribution < -0.4 is 0 Å². The minimum absolute atomic E-state index is 0.165. The van der Waals surface area contributed by atoms with Crippen molar-refractivity contribution in [2.24, 2.45) is 0 Å². The molecule has 0 spiro atoms. The van der Waals surface area contributed by atoms with E-state index in [-0.39, 0.29) is 11.5 Å². The SMILES string of the molecule is CC(C)(c1cc(Br)cc(Br)c1O)c1cc(Br)cc(Br)c1O. The summed E-state index contributed by atoms with van der Waals surface area (Å²) in [6, 6.07) is 7.28. The molecule has 0 aliphatic carbocycles. The van der Waals surface area contributed by atoms with Crippen molar-refractivity contribution in [1.29, 1.82) is 0 Å². The number of benzene rings is 2. The minimum Gasteiger partial charge on any atom is -0.506 e. The standard InChI is InChI=1S/C15H12Br4O2/c1-15(2,9-3-7(16)5-11(18)13(9)20)10-4-8(17)6-12(19)14(10)21/h3-6,20-21H,1-2H3. The Labute approximate surface area is 157 Å². The topological polar surface area (TPSA) is 40.5 Å². The lowest BCUT2D eigenvalue weighted by Crippen LogP contribution is -2.19. The monoisotopic (exact) mass is 540 g/mol. The van der Waals surface area contributed by atoms with E-state index in [4.69, 9.17) is 0 Å². The van der Waals surface area contributed by atoms with Crippen LogP contribution in [0, 0.1) is 0 Å². The van der Waals surface area contributed by atoms with Gasteiger partial charge in [-0.25, -0.2) is 0 Å². The summed E-state index contributed by atoms with van der Waals surface area (Å²) in [6.07, 6.45) is 0. The van der Waals surface area contributed by atoms with Crippen molar-refractivity contribution >= 4 is 63.7 Å². The molecule has 0 saturated heterocycles. The maximum atomic E-state index is 10.4. The van der Waals surface area contributed by atoms with Gasteiger partial charge in [0, 0.05) is 25.5 Å². The molecule has 0 heterocycles. The Balaban J connectivity index is 2.73. The molecule has 2 rings (SSSR count). The van der Waals surface area contributed by atoms with E-state index in [9.17, 15) is 10.2 Å². The summed E-state index contributed by atoms with van der Waals surface area (Å²) >= 11 is 13.6. The van der Waals surface area contributed by atoms with Crippen LogP contribution in [0.4, 0.5) is 0 Å². The van der Waals surface area contributed by atoms with Gasteiger partial charge in [-0.2, -0.15) is 0 Å². The van der Waals surface area contributed by atoms with Crippen molar-refractivity contribution in [3.8, 4) is 11.5 Å². The largest absolute Gasteiger partial charge is 0.506 e. The fourth-order valence-electron chi connectivity index (χ4n) is 2.23. The summed E-state index contributed by atoms with van der Waals surface area (Å²) < 4.78 is 2.91. The molecule has 6 heteroatoms. The van der Waals surface area contributed by atoms with Gasteiger partial charge in [0.05, 0.1) is 8.95 Å². The van der Waals surface area contributed by atoms with E-state index in [0.717, 1.165) is 8.95 Å². The van der Waals surface area contributed by atoms with Gasteiger partial charge in [-0.3, -0.25) is 0 Å². The third-order valence-corrected chi connectivity index (χ3v) is 5.53. The first-order valence-electron chi connectivity index (χ1n) is 6.01. The second-order valence-corrected chi connectivity index (χ2v) is 8.73. The van der Waals surface area contributed by atoms with Gasteiger partial charge in [0.1, 0.15) is 11.5 Å². The van der Waals surface area contributed by atoms with Crippen molar-refractivity contribution in [2.75, 3.05) is 0 Å². The smallest absolute Gasteiger partial charge is 0.133 e. The third-order valence-electron chi connectivity index (χ3n) is 3.40. The van der Waals surface area contributed by atoms with Crippen LogP contribution in [0.25, 0.3) is 0 Å². The predicted molar refractivity (Wildman–Crippen MR) is 99.1 cm³/mol. The van der Waals surface area contributed by atoms with Crippen LogP contribution in [0.5, 0.6) is 11.5 Å². The highest BCUT2D eigenvalue weighted by atomic mass is 79.9. The molecule has 0 aliphatic rings. The number of rotatable bonds is 2. The first kappa shape index (κ1) is 17.3. The number of hydrogen-bond donors (Lipinski definition) is 2. The molecule has 0 bridgehead atoms. The Morgan fingerprint density at radius 3 is 1.38 bits per heavy atom. The van der Waals surface area contributed by atoms with Crippen molar-refractivity contribution < 1.29 is 10.2 Å². The van der Waals surface area contributed by atoms with Gasteiger partial charge in [0.2, 0.25) is 0 Å². The first-order chi connectivity index (χ1) is 9.64. The van der Waals surface area contributed by atoms with E-state index in [2.05, 4.69) is 63.7 Å². The lowest BCUT2D eigenvalue weighted by molar-refractivity contribution is 0.432. The molecule has 2 nitrogen and oxygen atoms in total. The van der Waals surface area contributed by atoms with Gasteiger partial charge in [-0.05, 0) is 56.1 Å². The summed E-state index contributed by atoms with van der Waals surface area (Å²) in [5, 5.41) is 20.8. The molecule has 0 fully saturated rings. The van der Waals surface area contributed by atoms with Gasteiger partial charge < -0.3 is 10.2 Å². The summed E-state index contributed by atoms with van der Waals surface area (Å²) in [6.45, 7) is 3.91. The number of phenols is 2. The average molecular weight is 544 g/mol.